The Morgan fingerprint density at radius 1 is 1.19 bits per heavy atom. The van der Waals surface area contributed by atoms with Crippen molar-refractivity contribution in [2.75, 3.05) is 13.6 Å². The molecule has 1 atom stereocenters. The Morgan fingerprint density at radius 3 is 2.48 bits per heavy atom. The average Bonchev–Trinajstić information content (AvgIpc) is 2.87. The van der Waals surface area contributed by atoms with Gasteiger partial charge >= 0.3 is 6.03 Å². The molecule has 1 aromatic rings. The molecule has 21 heavy (non-hydrogen) atoms. The first kappa shape index (κ1) is 13.9. The summed E-state index contributed by atoms with van der Waals surface area (Å²) in [7, 11) is 1.72. The summed E-state index contributed by atoms with van der Waals surface area (Å²) < 4.78 is 0. The number of carbonyl (C=O) groups excluding carboxylic acids is 1. The molecule has 2 aliphatic heterocycles. The van der Waals surface area contributed by atoms with Crippen LogP contribution in [0.2, 0.25) is 0 Å². The van der Waals surface area contributed by atoms with Crippen molar-refractivity contribution in [3.8, 4) is 0 Å². The number of amides is 2. The van der Waals surface area contributed by atoms with Gasteiger partial charge in [-0.15, -0.1) is 0 Å². The van der Waals surface area contributed by atoms with Crippen molar-refractivity contribution in [2.45, 2.75) is 33.2 Å². The van der Waals surface area contributed by atoms with Gasteiger partial charge in [0.15, 0.2) is 0 Å². The van der Waals surface area contributed by atoms with Crippen LogP contribution in [0, 0.1) is 5.41 Å². The molecule has 0 spiro atoms. The van der Waals surface area contributed by atoms with Gasteiger partial charge in [0.25, 0.3) is 0 Å². The van der Waals surface area contributed by atoms with Crippen LogP contribution in [0.3, 0.4) is 0 Å². The van der Waals surface area contributed by atoms with E-state index >= 15 is 0 Å². The molecule has 0 N–H and O–H groups in total. The number of fused-ring (bicyclic) bond motifs is 1. The minimum absolute atomic E-state index is 0.0542. The molecular formula is C16H22N4O. The molecule has 0 saturated carbocycles. The van der Waals surface area contributed by atoms with E-state index < -0.39 is 0 Å². The summed E-state index contributed by atoms with van der Waals surface area (Å²) in [5.41, 5.74) is 1.11. The Morgan fingerprint density at radius 2 is 1.86 bits per heavy atom. The Balaban J connectivity index is 2.05. The third-order valence-corrected chi connectivity index (χ3v) is 3.98. The molecule has 0 radical (unpaired) electrons. The van der Waals surface area contributed by atoms with Gasteiger partial charge in [0, 0.05) is 19.0 Å². The zero-order chi connectivity index (χ0) is 15.2. The van der Waals surface area contributed by atoms with Crippen molar-refractivity contribution in [2.24, 2.45) is 10.5 Å². The monoisotopic (exact) mass is 286 g/mol. The SMILES string of the molecule is CN1N=C(C(C)(C)C)N2C(c3ccccc3)CCN2C1=O. The molecule has 112 valence electrons. The summed E-state index contributed by atoms with van der Waals surface area (Å²) in [6.45, 7) is 7.13. The summed E-state index contributed by atoms with van der Waals surface area (Å²) >= 11 is 0. The standard InChI is InChI=1S/C16H22N4O/c1-16(2,3)14-17-18(4)15(21)19-11-10-13(20(14)19)12-8-6-5-7-9-12/h5-9,13H,10-11H2,1-4H3. The van der Waals surface area contributed by atoms with E-state index in [-0.39, 0.29) is 17.5 Å². The predicted molar refractivity (Wildman–Crippen MR) is 82.4 cm³/mol. The third kappa shape index (κ3) is 2.26. The number of rotatable bonds is 1. The summed E-state index contributed by atoms with van der Waals surface area (Å²) in [5.74, 6) is 0.941. The Bertz CT molecular complexity index is 576. The van der Waals surface area contributed by atoms with Crippen molar-refractivity contribution in [1.29, 1.82) is 0 Å². The van der Waals surface area contributed by atoms with Crippen molar-refractivity contribution >= 4 is 11.9 Å². The highest BCUT2D eigenvalue weighted by Gasteiger charge is 2.45. The molecule has 5 nitrogen and oxygen atoms in total. The van der Waals surface area contributed by atoms with E-state index in [1.807, 2.05) is 23.2 Å². The van der Waals surface area contributed by atoms with E-state index in [1.54, 1.807) is 7.05 Å². The molecule has 1 aromatic carbocycles. The van der Waals surface area contributed by atoms with E-state index in [0.29, 0.717) is 0 Å². The topological polar surface area (TPSA) is 39.1 Å². The van der Waals surface area contributed by atoms with Crippen molar-refractivity contribution < 1.29 is 4.79 Å². The maximum atomic E-state index is 12.4. The third-order valence-electron chi connectivity index (χ3n) is 3.98. The quantitative estimate of drug-likeness (QED) is 0.796. The maximum Gasteiger partial charge on any atom is 0.359 e. The van der Waals surface area contributed by atoms with Crippen LogP contribution < -0.4 is 0 Å². The van der Waals surface area contributed by atoms with Gasteiger partial charge in [-0.1, -0.05) is 51.1 Å². The largest absolute Gasteiger partial charge is 0.359 e. The van der Waals surface area contributed by atoms with Gasteiger partial charge in [-0.25, -0.2) is 14.8 Å². The van der Waals surface area contributed by atoms with Crippen LogP contribution in [0.5, 0.6) is 0 Å². The number of nitrogens with zero attached hydrogens (tertiary/aromatic N) is 4. The molecular weight excluding hydrogens is 264 g/mol. The van der Waals surface area contributed by atoms with E-state index in [4.69, 9.17) is 0 Å². The van der Waals surface area contributed by atoms with Gasteiger partial charge in [-0.2, -0.15) is 5.10 Å². The van der Waals surface area contributed by atoms with E-state index in [2.05, 4.69) is 43.0 Å². The highest BCUT2D eigenvalue weighted by atomic mass is 16.2. The van der Waals surface area contributed by atoms with Crippen LogP contribution in [0.4, 0.5) is 4.79 Å². The highest BCUT2D eigenvalue weighted by molar-refractivity contribution is 5.93. The lowest BCUT2D eigenvalue weighted by Crippen LogP contribution is -2.57. The number of hydrazine groups is 1. The fraction of sp³-hybridized carbons (Fsp3) is 0.500. The van der Waals surface area contributed by atoms with Crippen molar-refractivity contribution in [1.82, 2.24) is 15.0 Å². The molecule has 1 saturated heterocycles. The number of benzene rings is 1. The first-order valence-corrected chi connectivity index (χ1v) is 7.38. The molecule has 3 rings (SSSR count). The Hall–Kier alpha value is -2.04. The van der Waals surface area contributed by atoms with Crippen LogP contribution in [0.15, 0.2) is 35.4 Å². The first-order valence-electron chi connectivity index (χ1n) is 7.38. The lowest BCUT2D eigenvalue weighted by atomic mass is 9.93. The van der Waals surface area contributed by atoms with Crippen LogP contribution >= 0.6 is 0 Å². The zero-order valence-corrected chi connectivity index (χ0v) is 13.1. The second-order valence-electron chi connectivity index (χ2n) is 6.66. The fourth-order valence-electron chi connectivity index (χ4n) is 2.97. The lowest BCUT2D eigenvalue weighted by molar-refractivity contribution is 0.0542. The summed E-state index contributed by atoms with van der Waals surface area (Å²) in [5, 5.41) is 9.91. The molecule has 1 unspecified atom stereocenters. The molecule has 0 aromatic heterocycles. The van der Waals surface area contributed by atoms with Gasteiger partial charge in [0.05, 0.1) is 6.04 Å². The molecule has 2 heterocycles. The van der Waals surface area contributed by atoms with Crippen LogP contribution in [-0.2, 0) is 0 Å². The molecule has 1 fully saturated rings. The highest BCUT2D eigenvalue weighted by Crippen LogP contribution is 2.38. The van der Waals surface area contributed by atoms with Crippen LogP contribution in [0.1, 0.15) is 38.8 Å². The van der Waals surface area contributed by atoms with Crippen LogP contribution in [-0.4, -0.2) is 40.5 Å². The number of amidine groups is 1. The van der Waals surface area contributed by atoms with E-state index in [1.165, 1.54) is 10.6 Å². The lowest BCUT2D eigenvalue weighted by Gasteiger charge is -2.43. The average molecular weight is 286 g/mol. The summed E-state index contributed by atoms with van der Waals surface area (Å²) in [6.07, 6.45) is 0.929. The van der Waals surface area contributed by atoms with Gasteiger partial charge in [0.2, 0.25) is 0 Å². The van der Waals surface area contributed by atoms with Gasteiger partial charge in [-0.3, -0.25) is 5.01 Å². The van der Waals surface area contributed by atoms with Crippen molar-refractivity contribution in [3.05, 3.63) is 35.9 Å². The molecule has 0 aliphatic carbocycles. The first-order chi connectivity index (χ1) is 9.89. The number of urea groups is 1. The fourth-order valence-corrected chi connectivity index (χ4v) is 2.97. The predicted octanol–water partition coefficient (Wildman–Crippen LogP) is 3.08. The second kappa shape index (κ2) is 4.76. The van der Waals surface area contributed by atoms with Crippen LogP contribution in [0.25, 0.3) is 0 Å². The second-order valence-corrected chi connectivity index (χ2v) is 6.66. The number of hydrogen-bond donors (Lipinski definition) is 0. The van der Waals surface area contributed by atoms with Gasteiger partial charge in [0.1, 0.15) is 5.84 Å². The summed E-state index contributed by atoms with van der Waals surface area (Å²) in [6, 6.07) is 10.5. The summed E-state index contributed by atoms with van der Waals surface area (Å²) in [4.78, 5) is 12.4. The van der Waals surface area contributed by atoms with Gasteiger partial charge in [-0.05, 0) is 12.0 Å². The maximum absolute atomic E-state index is 12.4. The Labute approximate surface area is 125 Å². The molecule has 2 amide bonds. The molecule has 0 bridgehead atoms. The minimum atomic E-state index is -0.120. The van der Waals surface area contributed by atoms with Gasteiger partial charge < -0.3 is 0 Å². The minimum Gasteiger partial charge on any atom is -0.258 e. The Kier molecular flexibility index (Phi) is 3.15. The smallest absolute Gasteiger partial charge is 0.258 e. The molecule has 2 aliphatic rings. The number of carbonyl (C=O) groups is 1. The van der Waals surface area contributed by atoms with E-state index in [0.717, 1.165) is 18.8 Å². The molecule has 5 heteroatoms. The van der Waals surface area contributed by atoms with Crippen molar-refractivity contribution in [3.63, 3.8) is 0 Å². The normalized spacial score (nSPS) is 22.5. The number of hydrazone groups is 1. The van der Waals surface area contributed by atoms with E-state index in [9.17, 15) is 4.79 Å². The number of hydrogen-bond acceptors (Lipinski definition) is 3. The zero-order valence-electron chi connectivity index (χ0n) is 13.1.